The van der Waals surface area contributed by atoms with Crippen LogP contribution < -0.4 is 10.4 Å². The summed E-state index contributed by atoms with van der Waals surface area (Å²) in [5.41, 5.74) is 0. The smallest absolute Gasteiger partial charge is 0.230 e. The van der Waals surface area contributed by atoms with Crippen LogP contribution in [0.1, 0.15) is 36.6 Å². The summed E-state index contributed by atoms with van der Waals surface area (Å²) in [7, 11) is 0. The number of carbonyl (C=O) groups is 2. The third-order valence-corrected chi connectivity index (χ3v) is 4.67. The van der Waals surface area contributed by atoms with E-state index in [1.165, 1.54) is 11.3 Å². The molecule has 3 rings (SSSR count). The number of hydrogen-bond donors (Lipinski definition) is 1. The van der Waals surface area contributed by atoms with Gasteiger partial charge in [0.25, 0.3) is 0 Å². The molecule has 0 bridgehead atoms. The van der Waals surface area contributed by atoms with Gasteiger partial charge in [-0.3, -0.25) is 4.79 Å². The number of nitrogens with zero attached hydrogens (tertiary/aromatic N) is 2. The molecule has 1 aromatic heterocycles. The maximum Gasteiger partial charge on any atom is 0.230 e. The Balaban J connectivity index is 1.67. The molecule has 2 aliphatic carbocycles. The number of carboxylic acid groups (broad SMARTS) is 1. The fourth-order valence-electron chi connectivity index (χ4n) is 2.34. The molecule has 0 spiro atoms. The van der Waals surface area contributed by atoms with E-state index in [4.69, 9.17) is 0 Å². The molecular weight excluding hydrogens is 278 g/mol. The van der Waals surface area contributed by atoms with Crippen molar-refractivity contribution < 1.29 is 14.7 Å². The Labute approximate surface area is 119 Å². The lowest BCUT2D eigenvalue weighted by molar-refractivity contribution is -0.313. The maximum absolute atomic E-state index is 12.2. The summed E-state index contributed by atoms with van der Waals surface area (Å²) in [6.07, 6.45) is 6.62. The first-order valence-electron chi connectivity index (χ1n) is 6.65. The van der Waals surface area contributed by atoms with Gasteiger partial charge >= 0.3 is 0 Å². The second-order valence-electron chi connectivity index (χ2n) is 5.18. The van der Waals surface area contributed by atoms with Crippen molar-refractivity contribution in [2.24, 2.45) is 11.8 Å². The Hall–Kier alpha value is -1.76. The number of hydrogen-bond acceptors (Lipinski definition) is 6. The van der Waals surface area contributed by atoms with Crippen LogP contribution in [0.15, 0.2) is 12.2 Å². The highest BCUT2D eigenvalue weighted by atomic mass is 32.1. The van der Waals surface area contributed by atoms with Crippen molar-refractivity contribution >= 4 is 28.3 Å². The van der Waals surface area contributed by atoms with Gasteiger partial charge in [-0.25, -0.2) is 0 Å². The quantitative estimate of drug-likeness (QED) is 0.824. The van der Waals surface area contributed by atoms with E-state index in [0.29, 0.717) is 23.9 Å². The van der Waals surface area contributed by atoms with Gasteiger partial charge in [0.1, 0.15) is 5.01 Å². The second-order valence-corrected chi connectivity index (χ2v) is 6.19. The van der Waals surface area contributed by atoms with Crippen LogP contribution >= 0.6 is 11.3 Å². The molecular formula is C13H14N3O3S-. The zero-order valence-electron chi connectivity index (χ0n) is 10.7. The average Bonchev–Trinajstić information content (AvgIpc) is 3.19. The predicted octanol–water partition coefficient (Wildman–Crippen LogP) is 0.686. The first-order chi connectivity index (χ1) is 9.65. The van der Waals surface area contributed by atoms with Crippen molar-refractivity contribution in [2.45, 2.75) is 31.6 Å². The lowest BCUT2D eigenvalue weighted by Crippen LogP contribution is -2.41. The normalized spacial score (nSPS) is 25.4. The van der Waals surface area contributed by atoms with Crippen molar-refractivity contribution in [1.29, 1.82) is 0 Å². The van der Waals surface area contributed by atoms with Gasteiger partial charge in [-0.1, -0.05) is 23.5 Å². The van der Waals surface area contributed by atoms with Crippen LogP contribution in [0.4, 0.5) is 5.13 Å². The number of aliphatic carboxylic acids is 1. The van der Waals surface area contributed by atoms with Gasteiger partial charge in [0.05, 0.1) is 5.92 Å². The van der Waals surface area contributed by atoms with Gasteiger partial charge in [0.15, 0.2) is 0 Å². The van der Waals surface area contributed by atoms with Crippen molar-refractivity contribution in [3.63, 3.8) is 0 Å². The Morgan fingerprint density at radius 1 is 1.20 bits per heavy atom. The van der Waals surface area contributed by atoms with E-state index in [1.807, 2.05) is 6.08 Å². The Bertz CT molecular complexity index is 565. The van der Waals surface area contributed by atoms with E-state index in [-0.39, 0.29) is 5.91 Å². The summed E-state index contributed by atoms with van der Waals surface area (Å²) in [4.78, 5) is 23.3. The molecule has 0 radical (unpaired) electrons. The van der Waals surface area contributed by atoms with E-state index < -0.39 is 17.8 Å². The molecule has 1 amide bonds. The van der Waals surface area contributed by atoms with Crippen LogP contribution in [0.5, 0.6) is 0 Å². The minimum Gasteiger partial charge on any atom is -0.550 e. The van der Waals surface area contributed by atoms with Crippen molar-refractivity contribution in [3.05, 3.63) is 17.2 Å². The molecule has 2 aliphatic rings. The molecule has 7 heteroatoms. The van der Waals surface area contributed by atoms with Crippen LogP contribution in [0, 0.1) is 11.8 Å². The monoisotopic (exact) mass is 292 g/mol. The lowest BCUT2D eigenvalue weighted by Gasteiger charge is -2.27. The molecule has 1 aromatic rings. The number of carboxylic acids is 1. The summed E-state index contributed by atoms with van der Waals surface area (Å²) >= 11 is 1.37. The Morgan fingerprint density at radius 2 is 1.90 bits per heavy atom. The van der Waals surface area contributed by atoms with Gasteiger partial charge in [-0.05, 0) is 25.7 Å². The molecule has 2 atom stereocenters. The number of nitrogens with one attached hydrogen (secondary N) is 1. The van der Waals surface area contributed by atoms with Gasteiger partial charge in [0, 0.05) is 17.8 Å². The van der Waals surface area contributed by atoms with Crippen LogP contribution in [0.25, 0.3) is 0 Å². The molecule has 1 saturated carbocycles. The molecule has 1 fully saturated rings. The largest absolute Gasteiger partial charge is 0.550 e. The van der Waals surface area contributed by atoms with Crippen LogP contribution in [0.2, 0.25) is 0 Å². The van der Waals surface area contributed by atoms with E-state index in [2.05, 4.69) is 15.5 Å². The minimum absolute atomic E-state index is 0.318. The molecule has 1 heterocycles. The molecule has 106 valence electrons. The predicted molar refractivity (Wildman–Crippen MR) is 70.9 cm³/mol. The van der Waals surface area contributed by atoms with E-state index in [1.54, 1.807) is 6.08 Å². The first-order valence-corrected chi connectivity index (χ1v) is 7.47. The van der Waals surface area contributed by atoms with E-state index >= 15 is 0 Å². The van der Waals surface area contributed by atoms with Gasteiger partial charge in [-0.2, -0.15) is 0 Å². The summed E-state index contributed by atoms with van der Waals surface area (Å²) in [5, 5.41) is 23.1. The zero-order chi connectivity index (χ0) is 14.1. The highest BCUT2D eigenvalue weighted by molar-refractivity contribution is 7.15. The number of amides is 1. The first kappa shape index (κ1) is 13.2. The van der Waals surface area contributed by atoms with Crippen LogP contribution in [-0.2, 0) is 9.59 Å². The topological polar surface area (TPSA) is 95.0 Å². The molecule has 0 aromatic carbocycles. The maximum atomic E-state index is 12.2. The Morgan fingerprint density at radius 3 is 2.55 bits per heavy atom. The number of aromatic nitrogens is 2. The number of allylic oxidation sites excluding steroid dienone is 2. The van der Waals surface area contributed by atoms with Crippen molar-refractivity contribution in [3.8, 4) is 0 Å². The highest BCUT2D eigenvalue weighted by Gasteiger charge is 2.31. The summed E-state index contributed by atoms with van der Waals surface area (Å²) < 4.78 is 0. The minimum atomic E-state index is -1.18. The van der Waals surface area contributed by atoms with Crippen LogP contribution in [0.3, 0.4) is 0 Å². The number of carbonyl (C=O) groups excluding carboxylic acids is 2. The van der Waals surface area contributed by atoms with Gasteiger partial charge < -0.3 is 15.2 Å². The standard InChI is InChI=1S/C13H15N3O3S/c17-10(8-3-1-2-4-9(8)12(18)19)14-13-16-15-11(20-13)7-5-6-7/h1-2,7-9H,3-6H2,(H,18,19)(H,14,16,17)/p-1/t8-,9+/m1/s1. The molecule has 0 unspecified atom stereocenters. The van der Waals surface area contributed by atoms with E-state index in [0.717, 1.165) is 17.8 Å². The Kier molecular flexibility index (Phi) is 3.52. The zero-order valence-corrected chi connectivity index (χ0v) is 11.6. The fourth-order valence-corrected chi connectivity index (χ4v) is 3.26. The second kappa shape index (κ2) is 5.32. The summed E-state index contributed by atoms with van der Waals surface area (Å²) in [5.74, 6) is -2.37. The molecule has 0 aliphatic heterocycles. The summed E-state index contributed by atoms with van der Waals surface area (Å²) in [6.45, 7) is 0. The summed E-state index contributed by atoms with van der Waals surface area (Å²) in [6, 6.07) is 0. The van der Waals surface area contributed by atoms with Crippen LogP contribution in [-0.4, -0.2) is 22.1 Å². The van der Waals surface area contributed by atoms with Crippen molar-refractivity contribution in [1.82, 2.24) is 10.2 Å². The van der Waals surface area contributed by atoms with Crippen molar-refractivity contribution in [2.75, 3.05) is 5.32 Å². The molecule has 20 heavy (non-hydrogen) atoms. The average molecular weight is 292 g/mol. The van der Waals surface area contributed by atoms with E-state index in [9.17, 15) is 14.7 Å². The molecule has 1 N–H and O–H groups in total. The molecule has 6 nitrogen and oxygen atoms in total. The van der Waals surface area contributed by atoms with Gasteiger partial charge in [0.2, 0.25) is 11.0 Å². The third-order valence-electron chi connectivity index (χ3n) is 3.67. The highest BCUT2D eigenvalue weighted by Crippen LogP contribution is 2.42. The number of rotatable bonds is 4. The van der Waals surface area contributed by atoms with Gasteiger partial charge in [-0.15, -0.1) is 10.2 Å². The SMILES string of the molecule is O=C([O-])[C@H]1CC=CC[C@H]1C(=O)Nc1nnc(C2CC2)s1. The third kappa shape index (κ3) is 2.72. The fraction of sp³-hybridized carbons (Fsp3) is 0.538. The lowest BCUT2D eigenvalue weighted by atomic mass is 9.82. The number of anilines is 1. The molecule has 0 saturated heterocycles.